The highest BCUT2D eigenvalue weighted by atomic mass is 31.2. The topological polar surface area (TPSA) is 219 Å². The molecular formula is C56H77N4O16P. The number of esters is 3. The highest BCUT2D eigenvalue weighted by Gasteiger charge is 2.52. The molecule has 2 aliphatic rings. The molecule has 422 valence electrons. The van der Waals surface area contributed by atoms with Crippen LogP contribution in [-0.4, -0.2) is 150 Å². The van der Waals surface area contributed by atoms with E-state index in [2.05, 4.69) is 47.8 Å². The summed E-state index contributed by atoms with van der Waals surface area (Å²) in [6, 6.07) is 23.9. The zero-order valence-electron chi connectivity index (χ0n) is 46.1. The summed E-state index contributed by atoms with van der Waals surface area (Å²) >= 11 is 0. The Labute approximate surface area is 454 Å². The van der Waals surface area contributed by atoms with Gasteiger partial charge in [0.2, 0.25) is 18.4 Å². The van der Waals surface area contributed by atoms with Crippen LogP contribution < -0.4 is 20.1 Å². The fourth-order valence-corrected chi connectivity index (χ4v) is 11.6. The fourth-order valence-electron chi connectivity index (χ4n) is 9.84. The number of amides is 2. The first kappa shape index (κ1) is 62.1. The van der Waals surface area contributed by atoms with Crippen molar-refractivity contribution in [2.24, 2.45) is 5.92 Å². The summed E-state index contributed by atoms with van der Waals surface area (Å²) in [5, 5.41) is 5.93. The van der Waals surface area contributed by atoms with Crippen LogP contribution in [0.15, 0.2) is 78.9 Å². The first-order valence-electron chi connectivity index (χ1n) is 25.9. The van der Waals surface area contributed by atoms with Crippen molar-refractivity contribution >= 4 is 38.2 Å². The maximum atomic E-state index is 14.1. The summed E-state index contributed by atoms with van der Waals surface area (Å²) in [4.78, 5) is 66.4. The molecule has 0 aromatic heterocycles. The second-order valence-corrected chi connectivity index (χ2v) is 20.7. The van der Waals surface area contributed by atoms with Gasteiger partial charge in [-0.25, -0.2) is 11.2 Å². The van der Waals surface area contributed by atoms with Gasteiger partial charge in [0.1, 0.15) is 48.6 Å². The van der Waals surface area contributed by atoms with Crippen LogP contribution in [0.4, 0.5) is 0 Å². The Balaban J connectivity index is 1.41. The maximum Gasteiger partial charge on any atom is 0.303 e. The Morgan fingerprint density at radius 2 is 1.31 bits per heavy atom. The van der Waals surface area contributed by atoms with Gasteiger partial charge in [-0.1, -0.05) is 54.6 Å². The molecule has 21 heteroatoms. The fraction of sp³-hybridized carbons (Fsp3) is 0.571. The normalized spacial score (nSPS) is 22.7. The number of nitrogens with one attached hydrogen (secondary N) is 2. The molecule has 1 aliphatic heterocycles. The monoisotopic (exact) mass is 1090 g/mol. The molecule has 2 fully saturated rings. The van der Waals surface area contributed by atoms with Gasteiger partial charge in [-0.2, -0.15) is 0 Å². The molecular weight excluding hydrogens is 1020 g/mol. The number of carbonyl (C=O) groups excluding carboxylic acids is 5. The third-order valence-corrected chi connectivity index (χ3v) is 15.2. The van der Waals surface area contributed by atoms with E-state index < -0.39 is 86.8 Å². The number of methoxy groups -OCH3 is 3. The Hall–Kier alpha value is -5.75. The molecule has 1 saturated heterocycles. The number of hydrogen-bond donors (Lipinski definition) is 2. The number of hydrogen-bond acceptors (Lipinski definition) is 17. The predicted molar refractivity (Wildman–Crippen MR) is 284 cm³/mol. The van der Waals surface area contributed by atoms with Crippen LogP contribution in [0.3, 0.4) is 0 Å². The smallest absolute Gasteiger partial charge is 0.303 e. The van der Waals surface area contributed by atoms with Crippen molar-refractivity contribution in [3.8, 4) is 11.5 Å². The molecule has 0 spiro atoms. The average molecular weight is 1090 g/mol. The van der Waals surface area contributed by atoms with E-state index in [0.29, 0.717) is 30.8 Å². The molecule has 2 amide bonds. The highest BCUT2D eigenvalue weighted by Crippen LogP contribution is 2.51. The van der Waals surface area contributed by atoms with Crippen molar-refractivity contribution in [1.29, 1.82) is 0 Å². The molecule has 0 radical (unpaired) electrons. The lowest BCUT2D eigenvalue weighted by molar-refractivity contribution is -0.277. The highest BCUT2D eigenvalue weighted by molar-refractivity contribution is 7.44. The zero-order valence-corrected chi connectivity index (χ0v) is 47.0. The van der Waals surface area contributed by atoms with Gasteiger partial charge < -0.3 is 67.2 Å². The van der Waals surface area contributed by atoms with E-state index in [1.54, 1.807) is 21.3 Å². The Morgan fingerprint density at radius 1 is 0.727 bits per heavy atom. The lowest BCUT2D eigenvalue weighted by atomic mass is 9.79. The quantitative estimate of drug-likeness (QED) is 0.0178. The SMILES string of the molecule is [C-]#[N+]CCOP(O[C@@H]1[C@@H](COC(c2ccccc2)(c2ccc(OC)cc2)c2ccc(OC)cc2)C[C@@H](NC(=O)CCCCOC2OC(COC(C)=O)C(OC(C)=O)C(OC(C)=O)C2NC(C)=O)[C@@H]1OC)N(C(C)C)C(C)C. The van der Waals surface area contributed by atoms with E-state index in [0.717, 1.165) is 30.5 Å². The number of rotatable bonds is 29. The lowest BCUT2D eigenvalue weighted by Crippen LogP contribution is -2.66. The van der Waals surface area contributed by atoms with E-state index >= 15 is 0 Å². The van der Waals surface area contributed by atoms with Crippen molar-refractivity contribution in [2.45, 2.75) is 148 Å². The zero-order chi connectivity index (χ0) is 56.2. The summed E-state index contributed by atoms with van der Waals surface area (Å²) in [5.41, 5.74) is 1.40. The van der Waals surface area contributed by atoms with Crippen LogP contribution in [0.25, 0.3) is 4.85 Å². The van der Waals surface area contributed by atoms with E-state index in [9.17, 15) is 24.0 Å². The second-order valence-electron chi connectivity index (χ2n) is 19.3. The third-order valence-electron chi connectivity index (χ3n) is 13.1. The van der Waals surface area contributed by atoms with Gasteiger partial charge in [-0.05, 0) is 87.9 Å². The summed E-state index contributed by atoms with van der Waals surface area (Å²) in [5.74, 6) is -1.84. The molecule has 1 heterocycles. The number of nitrogens with zero attached hydrogens (tertiary/aromatic N) is 2. The predicted octanol–water partition coefficient (Wildman–Crippen LogP) is 7.04. The lowest BCUT2D eigenvalue weighted by Gasteiger charge is -2.44. The summed E-state index contributed by atoms with van der Waals surface area (Å²) in [6.07, 6.45) is -5.01. The van der Waals surface area contributed by atoms with Gasteiger partial charge in [0.15, 0.2) is 18.5 Å². The molecule has 77 heavy (non-hydrogen) atoms. The third kappa shape index (κ3) is 17.1. The Morgan fingerprint density at radius 3 is 1.83 bits per heavy atom. The number of ether oxygens (including phenoxy) is 9. The first-order valence-corrected chi connectivity index (χ1v) is 27.0. The van der Waals surface area contributed by atoms with Crippen molar-refractivity contribution in [3.63, 3.8) is 0 Å². The standard InChI is InChI=1S/C56H77N4O16P/c1-35(2)60(36(3)4)77(72-31-29-57-9)76-51-41(33-71-56(42-18-14-13-15-19-42,43-21-25-45(66-10)26-22-43)44-23-27-46(67-11)28-24-44)32-47(52(51)68-12)59-49(65)20-16-17-30-69-55-50(58-37(5)61)54(74-40(8)64)53(73-39(7)63)48(75-55)34-70-38(6)62/h13-15,18-19,21-28,35-36,41,47-48,50-55H,16-17,20,29-34H2,1-8,10-12H3,(H,58,61)(H,59,65)/t41-,47-,48?,50?,51-,52+,53?,54?,55?,77?/m1/s1. The molecule has 3 aromatic carbocycles. The maximum absolute atomic E-state index is 14.1. The van der Waals surface area contributed by atoms with Gasteiger partial charge >= 0.3 is 17.9 Å². The van der Waals surface area contributed by atoms with Crippen molar-refractivity contribution in [2.75, 3.05) is 54.3 Å². The van der Waals surface area contributed by atoms with Crippen LogP contribution in [0.5, 0.6) is 11.5 Å². The van der Waals surface area contributed by atoms with Crippen molar-refractivity contribution in [1.82, 2.24) is 15.3 Å². The Kier molecular flexibility index (Phi) is 24.5. The van der Waals surface area contributed by atoms with E-state index in [1.165, 1.54) is 13.8 Å². The largest absolute Gasteiger partial charge is 0.497 e. The second kappa shape index (κ2) is 30.4. The van der Waals surface area contributed by atoms with E-state index in [1.807, 2.05) is 78.9 Å². The Bertz CT molecular complexity index is 2330. The van der Waals surface area contributed by atoms with Gasteiger partial charge in [-0.15, -0.1) is 0 Å². The number of carbonyl (C=O) groups is 5. The number of unbranched alkanes of at least 4 members (excludes halogenated alkanes) is 1. The molecule has 6 unspecified atom stereocenters. The number of benzene rings is 3. The van der Waals surface area contributed by atoms with Crippen LogP contribution in [0, 0.1) is 12.5 Å². The van der Waals surface area contributed by atoms with Gasteiger partial charge in [-0.3, -0.25) is 24.0 Å². The molecule has 20 nitrogen and oxygen atoms in total. The summed E-state index contributed by atoms with van der Waals surface area (Å²) in [6.45, 7) is 20.6. The van der Waals surface area contributed by atoms with E-state index in [-0.39, 0.29) is 63.3 Å². The minimum Gasteiger partial charge on any atom is -0.497 e. The van der Waals surface area contributed by atoms with Crippen LogP contribution in [-0.2, 0) is 71.8 Å². The van der Waals surface area contributed by atoms with Crippen molar-refractivity contribution in [3.05, 3.63) is 107 Å². The molecule has 1 saturated carbocycles. The van der Waals surface area contributed by atoms with Crippen LogP contribution in [0.2, 0.25) is 0 Å². The molecule has 0 bridgehead atoms. The van der Waals surface area contributed by atoms with E-state index in [4.69, 9.17) is 58.3 Å². The average Bonchev–Trinajstić information content (AvgIpc) is 3.74. The van der Waals surface area contributed by atoms with Gasteiger partial charge in [0.25, 0.3) is 8.53 Å². The molecule has 1 aliphatic carbocycles. The molecule has 10 atom stereocenters. The molecule has 2 N–H and O–H groups in total. The van der Waals surface area contributed by atoms with Crippen LogP contribution in [0.1, 0.15) is 97.8 Å². The summed E-state index contributed by atoms with van der Waals surface area (Å²) in [7, 11) is 3.07. The van der Waals surface area contributed by atoms with Gasteiger partial charge in [0, 0.05) is 65.8 Å². The van der Waals surface area contributed by atoms with Gasteiger partial charge in [0.05, 0.1) is 33.0 Å². The van der Waals surface area contributed by atoms with Crippen LogP contribution >= 0.6 is 8.53 Å². The molecule has 3 aromatic rings. The minimum atomic E-state index is -1.76. The minimum absolute atomic E-state index is 0.0117. The first-order chi connectivity index (χ1) is 36.9. The molecule has 5 rings (SSSR count). The van der Waals surface area contributed by atoms with Crippen molar-refractivity contribution < 1.29 is 75.7 Å². The summed E-state index contributed by atoms with van der Waals surface area (Å²) < 4.78 is 69.2.